The van der Waals surface area contributed by atoms with E-state index in [1.165, 1.54) is 0 Å². The Morgan fingerprint density at radius 2 is 1.50 bits per heavy atom. The van der Waals surface area contributed by atoms with Gasteiger partial charge in [-0.25, -0.2) is 0 Å². The molecule has 0 saturated carbocycles. The maximum atomic E-state index is 10.8. The predicted molar refractivity (Wildman–Crippen MR) is 84.4 cm³/mol. The van der Waals surface area contributed by atoms with Crippen molar-refractivity contribution in [3.8, 4) is 11.5 Å². The zero-order chi connectivity index (χ0) is 17.6. The lowest BCUT2D eigenvalue weighted by molar-refractivity contribution is -0.136. The van der Waals surface area contributed by atoms with Crippen LogP contribution in [0.5, 0.6) is 11.5 Å². The smallest absolute Gasteiger partial charge is 0.307 e. The fourth-order valence-corrected chi connectivity index (χ4v) is 1.68. The standard InChI is InChI=1S/C16H24O8/c1-19-5-7-21-11-23-14-4-3-13(10-16(17)18)9-15(14)24-12-22-8-6-20-2/h3-4,9H,5-8,10-12H2,1-2H3,(H,17,18). The summed E-state index contributed by atoms with van der Waals surface area (Å²) in [7, 11) is 3.16. The van der Waals surface area contributed by atoms with Crippen molar-refractivity contribution < 1.29 is 38.3 Å². The van der Waals surface area contributed by atoms with Crippen molar-refractivity contribution >= 4 is 5.97 Å². The zero-order valence-corrected chi connectivity index (χ0v) is 14.0. The minimum atomic E-state index is -0.922. The minimum Gasteiger partial charge on any atom is -0.481 e. The largest absolute Gasteiger partial charge is 0.481 e. The molecule has 0 saturated heterocycles. The van der Waals surface area contributed by atoms with E-state index in [9.17, 15) is 4.79 Å². The van der Waals surface area contributed by atoms with Crippen LogP contribution in [0, 0.1) is 0 Å². The van der Waals surface area contributed by atoms with Gasteiger partial charge < -0.3 is 33.5 Å². The number of hydrogen-bond acceptors (Lipinski definition) is 7. The minimum absolute atomic E-state index is 0.000770. The lowest BCUT2D eigenvalue weighted by atomic mass is 10.1. The fraction of sp³-hybridized carbons (Fsp3) is 0.562. The molecule has 1 N–H and O–H groups in total. The molecule has 0 aromatic heterocycles. The van der Waals surface area contributed by atoms with E-state index in [-0.39, 0.29) is 20.0 Å². The highest BCUT2D eigenvalue weighted by atomic mass is 16.7. The lowest BCUT2D eigenvalue weighted by Gasteiger charge is -2.14. The maximum absolute atomic E-state index is 10.8. The molecule has 0 amide bonds. The molecule has 0 bridgehead atoms. The van der Waals surface area contributed by atoms with Gasteiger partial charge in [-0.15, -0.1) is 0 Å². The summed E-state index contributed by atoms with van der Waals surface area (Å²) in [6.45, 7) is 1.76. The maximum Gasteiger partial charge on any atom is 0.307 e. The average Bonchev–Trinajstić information content (AvgIpc) is 2.55. The Kier molecular flexibility index (Phi) is 10.5. The third kappa shape index (κ3) is 8.68. The van der Waals surface area contributed by atoms with Crippen LogP contribution in [0.1, 0.15) is 5.56 Å². The third-order valence-electron chi connectivity index (χ3n) is 2.82. The number of methoxy groups -OCH3 is 2. The van der Waals surface area contributed by atoms with Gasteiger partial charge in [-0.1, -0.05) is 6.07 Å². The summed E-state index contributed by atoms with van der Waals surface area (Å²) < 4.78 is 31.2. The van der Waals surface area contributed by atoms with Crippen molar-refractivity contribution in [1.29, 1.82) is 0 Å². The second-order valence-corrected chi connectivity index (χ2v) is 4.68. The molecule has 0 aliphatic carbocycles. The van der Waals surface area contributed by atoms with Gasteiger partial charge in [-0.3, -0.25) is 4.79 Å². The summed E-state index contributed by atoms with van der Waals surface area (Å²) in [6, 6.07) is 4.91. The van der Waals surface area contributed by atoms with Crippen LogP contribution in [-0.2, 0) is 30.2 Å². The molecule has 0 heterocycles. The molecular weight excluding hydrogens is 320 g/mol. The molecule has 0 fully saturated rings. The van der Waals surface area contributed by atoms with E-state index in [0.717, 1.165) is 0 Å². The van der Waals surface area contributed by atoms with Crippen LogP contribution in [0.25, 0.3) is 0 Å². The van der Waals surface area contributed by atoms with Crippen molar-refractivity contribution in [1.82, 2.24) is 0 Å². The Labute approximate surface area is 141 Å². The summed E-state index contributed by atoms with van der Waals surface area (Å²) in [5.41, 5.74) is 0.599. The molecule has 24 heavy (non-hydrogen) atoms. The average molecular weight is 344 g/mol. The number of carboxylic acid groups (broad SMARTS) is 1. The Balaban J connectivity index is 2.59. The molecule has 0 radical (unpaired) electrons. The van der Waals surface area contributed by atoms with E-state index < -0.39 is 5.97 Å². The molecule has 1 aromatic carbocycles. The van der Waals surface area contributed by atoms with E-state index in [1.54, 1.807) is 32.4 Å². The molecule has 0 unspecified atom stereocenters. The van der Waals surface area contributed by atoms with Crippen LogP contribution < -0.4 is 9.47 Å². The summed E-state index contributed by atoms with van der Waals surface area (Å²) in [5, 5.41) is 8.88. The zero-order valence-electron chi connectivity index (χ0n) is 14.0. The predicted octanol–water partition coefficient (Wildman–Crippen LogP) is 1.31. The van der Waals surface area contributed by atoms with Gasteiger partial charge in [0.05, 0.1) is 32.8 Å². The van der Waals surface area contributed by atoms with Crippen LogP contribution in [0.4, 0.5) is 0 Å². The van der Waals surface area contributed by atoms with Crippen molar-refractivity contribution in [3.05, 3.63) is 23.8 Å². The molecule has 8 heteroatoms. The van der Waals surface area contributed by atoms with Gasteiger partial charge in [0.15, 0.2) is 25.1 Å². The number of carbonyl (C=O) groups is 1. The molecule has 0 aliphatic heterocycles. The number of carboxylic acids is 1. The Morgan fingerprint density at radius 1 is 0.917 bits per heavy atom. The van der Waals surface area contributed by atoms with Crippen molar-refractivity contribution in [2.24, 2.45) is 0 Å². The number of aliphatic carboxylic acids is 1. The number of hydrogen-bond donors (Lipinski definition) is 1. The van der Waals surface area contributed by atoms with Gasteiger partial charge in [0.1, 0.15) is 0 Å². The number of benzene rings is 1. The first-order valence-electron chi connectivity index (χ1n) is 7.41. The third-order valence-corrected chi connectivity index (χ3v) is 2.82. The van der Waals surface area contributed by atoms with Crippen LogP contribution in [0.2, 0.25) is 0 Å². The molecule has 1 aromatic rings. The summed E-state index contributed by atoms with van der Waals surface area (Å²) in [6.07, 6.45) is -0.106. The van der Waals surface area contributed by atoms with Gasteiger partial charge in [0.2, 0.25) is 0 Å². The van der Waals surface area contributed by atoms with Gasteiger partial charge in [-0.2, -0.15) is 0 Å². The Morgan fingerprint density at radius 3 is 2.04 bits per heavy atom. The molecule has 0 spiro atoms. The van der Waals surface area contributed by atoms with Gasteiger partial charge in [0, 0.05) is 14.2 Å². The molecule has 8 nitrogen and oxygen atoms in total. The van der Waals surface area contributed by atoms with Gasteiger partial charge in [-0.05, 0) is 17.7 Å². The van der Waals surface area contributed by atoms with Gasteiger partial charge >= 0.3 is 5.97 Å². The fourth-order valence-electron chi connectivity index (χ4n) is 1.68. The highest BCUT2D eigenvalue weighted by Crippen LogP contribution is 2.28. The molecule has 1 rings (SSSR count). The first kappa shape index (κ1) is 20.2. The second kappa shape index (κ2) is 12.5. The van der Waals surface area contributed by atoms with Crippen LogP contribution in [0.3, 0.4) is 0 Å². The lowest BCUT2D eigenvalue weighted by Crippen LogP contribution is -2.11. The normalized spacial score (nSPS) is 10.6. The highest BCUT2D eigenvalue weighted by molar-refractivity contribution is 5.70. The van der Waals surface area contributed by atoms with E-state index in [4.69, 9.17) is 33.5 Å². The van der Waals surface area contributed by atoms with Crippen LogP contribution >= 0.6 is 0 Å². The van der Waals surface area contributed by atoms with E-state index in [1.807, 2.05) is 0 Å². The molecular formula is C16H24O8. The Hall–Kier alpha value is -1.87. The van der Waals surface area contributed by atoms with E-state index >= 15 is 0 Å². The Bertz CT molecular complexity index is 477. The van der Waals surface area contributed by atoms with Crippen molar-refractivity contribution in [3.63, 3.8) is 0 Å². The molecule has 136 valence electrons. The topological polar surface area (TPSA) is 92.7 Å². The van der Waals surface area contributed by atoms with E-state index in [2.05, 4.69) is 0 Å². The van der Waals surface area contributed by atoms with Crippen LogP contribution in [0.15, 0.2) is 18.2 Å². The van der Waals surface area contributed by atoms with Crippen molar-refractivity contribution in [2.45, 2.75) is 6.42 Å². The second-order valence-electron chi connectivity index (χ2n) is 4.68. The first-order chi connectivity index (χ1) is 11.7. The molecule has 0 aliphatic rings. The summed E-state index contributed by atoms with van der Waals surface area (Å²) in [4.78, 5) is 10.8. The number of ether oxygens (including phenoxy) is 6. The highest BCUT2D eigenvalue weighted by Gasteiger charge is 2.09. The summed E-state index contributed by atoms with van der Waals surface area (Å²) in [5.74, 6) is -0.0905. The van der Waals surface area contributed by atoms with Crippen LogP contribution in [-0.4, -0.2) is 65.3 Å². The van der Waals surface area contributed by atoms with Crippen molar-refractivity contribution in [2.75, 3.05) is 54.2 Å². The van der Waals surface area contributed by atoms with Gasteiger partial charge in [0.25, 0.3) is 0 Å². The van der Waals surface area contributed by atoms with E-state index in [0.29, 0.717) is 43.5 Å². The SMILES string of the molecule is COCCOCOc1ccc(CC(=O)O)cc1OCOCCOC. The monoisotopic (exact) mass is 344 g/mol. The molecule has 0 atom stereocenters. The summed E-state index contributed by atoms with van der Waals surface area (Å²) >= 11 is 0. The first-order valence-corrected chi connectivity index (χ1v) is 7.41. The quantitative estimate of drug-likeness (QED) is 0.399. The number of rotatable bonds is 14.